The fourth-order valence-corrected chi connectivity index (χ4v) is 5.04. The standard InChI is InChI=1S/C13H18BrNS/c1-2-15-12(13-11(14)3-4-16-13)10-6-8-5-9(8)7-10/h3-4,8-10,12,15H,2,5-7H2,1H3. The van der Waals surface area contributed by atoms with Crippen LogP contribution in [-0.2, 0) is 0 Å². The molecule has 1 heterocycles. The molecule has 0 saturated heterocycles. The van der Waals surface area contributed by atoms with Crippen molar-refractivity contribution in [1.82, 2.24) is 5.32 Å². The normalized spacial score (nSPS) is 33.8. The molecule has 88 valence electrons. The Morgan fingerprint density at radius 1 is 1.44 bits per heavy atom. The van der Waals surface area contributed by atoms with E-state index in [0.717, 1.165) is 24.3 Å². The van der Waals surface area contributed by atoms with Gasteiger partial charge in [-0.1, -0.05) is 6.92 Å². The molecular formula is C13H18BrNS. The monoisotopic (exact) mass is 299 g/mol. The summed E-state index contributed by atoms with van der Waals surface area (Å²) in [5, 5.41) is 5.88. The van der Waals surface area contributed by atoms with Crippen molar-refractivity contribution in [3.8, 4) is 0 Å². The molecular weight excluding hydrogens is 282 g/mol. The van der Waals surface area contributed by atoms with Gasteiger partial charge in [0.1, 0.15) is 0 Å². The smallest absolute Gasteiger partial charge is 0.0454 e. The molecule has 1 aromatic heterocycles. The van der Waals surface area contributed by atoms with Crippen LogP contribution in [-0.4, -0.2) is 6.54 Å². The maximum atomic E-state index is 3.69. The van der Waals surface area contributed by atoms with E-state index in [1.54, 1.807) is 0 Å². The second-order valence-corrected chi connectivity index (χ2v) is 6.96. The van der Waals surface area contributed by atoms with Gasteiger partial charge in [-0.3, -0.25) is 0 Å². The van der Waals surface area contributed by atoms with Crippen LogP contribution in [0.4, 0.5) is 0 Å². The van der Waals surface area contributed by atoms with Crippen LogP contribution in [0, 0.1) is 17.8 Å². The topological polar surface area (TPSA) is 12.0 Å². The summed E-state index contributed by atoms with van der Waals surface area (Å²) in [5.74, 6) is 3.02. The third-order valence-corrected chi connectivity index (χ3v) is 6.06. The minimum absolute atomic E-state index is 0.590. The predicted molar refractivity (Wildman–Crippen MR) is 72.8 cm³/mol. The molecule has 3 unspecified atom stereocenters. The first-order chi connectivity index (χ1) is 7.79. The van der Waals surface area contributed by atoms with Crippen molar-refractivity contribution in [2.45, 2.75) is 32.2 Å². The summed E-state index contributed by atoms with van der Waals surface area (Å²) in [6.45, 7) is 3.28. The van der Waals surface area contributed by atoms with Crippen LogP contribution in [0.5, 0.6) is 0 Å². The largest absolute Gasteiger partial charge is 0.309 e. The Hall–Kier alpha value is 0.140. The van der Waals surface area contributed by atoms with Gasteiger partial charge in [-0.05, 0) is 70.9 Å². The lowest BCUT2D eigenvalue weighted by atomic mass is 9.93. The van der Waals surface area contributed by atoms with Crippen LogP contribution < -0.4 is 5.32 Å². The number of hydrogen-bond donors (Lipinski definition) is 1. The highest BCUT2D eigenvalue weighted by Gasteiger charge is 2.48. The Labute approximate surface area is 110 Å². The summed E-state index contributed by atoms with van der Waals surface area (Å²) in [5.41, 5.74) is 0. The molecule has 2 aliphatic carbocycles. The molecule has 0 aromatic carbocycles. The van der Waals surface area contributed by atoms with Crippen molar-refractivity contribution in [1.29, 1.82) is 0 Å². The third-order valence-electron chi connectivity index (χ3n) is 4.10. The average molecular weight is 300 g/mol. The van der Waals surface area contributed by atoms with Crippen molar-refractivity contribution < 1.29 is 0 Å². The summed E-state index contributed by atoms with van der Waals surface area (Å²) in [6.07, 6.45) is 4.42. The van der Waals surface area contributed by atoms with Crippen LogP contribution >= 0.6 is 27.3 Å². The molecule has 0 bridgehead atoms. The highest BCUT2D eigenvalue weighted by molar-refractivity contribution is 9.10. The fourth-order valence-electron chi connectivity index (χ4n) is 3.25. The van der Waals surface area contributed by atoms with Gasteiger partial charge in [0.15, 0.2) is 0 Å². The number of halogens is 1. The van der Waals surface area contributed by atoms with Crippen molar-refractivity contribution in [3.05, 3.63) is 20.8 Å². The summed E-state index contributed by atoms with van der Waals surface area (Å²) >= 11 is 5.57. The summed E-state index contributed by atoms with van der Waals surface area (Å²) < 4.78 is 1.30. The minimum Gasteiger partial charge on any atom is -0.309 e. The second-order valence-electron chi connectivity index (χ2n) is 5.16. The lowest BCUT2D eigenvalue weighted by Crippen LogP contribution is -2.27. The van der Waals surface area contributed by atoms with Gasteiger partial charge >= 0.3 is 0 Å². The van der Waals surface area contributed by atoms with Gasteiger partial charge in [0.05, 0.1) is 0 Å². The number of rotatable bonds is 4. The quantitative estimate of drug-likeness (QED) is 0.878. The van der Waals surface area contributed by atoms with Gasteiger partial charge in [-0.2, -0.15) is 0 Å². The van der Waals surface area contributed by atoms with Gasteiger partial charge in [0, 0.05) is 15.4 Å². The molecule has 1 nitrogen and oxygen atoms in total. The number of nitrogens with one attached hydrogen (secondary N) is 1. The Morgan fingerprint density at radius 3 is 2.75 bits per heavy atom. The van der Waals surface area contributed by atoms with E-state index in [9.17, 15) is 0 Å². The van der Waals surface area contributed by atoms with Gasteiger partial charge in [-0.15, -0.1) is 11.3 Å². The SMILES string of the molecule is CCNC(c1sccc1Br)C1CC2CC2C1. The Balaban J connectivity index is 1.78. The van der Waals surface area contributed by atoms with E-state index in [0.29, 0.717) is 6.04 Å². The maximum Gasteiger partial charge on any atom is 0.0454 e. The van der Waals surface area contributed by atoms with Gasteiger partial charge < -0.3 is 5.32 Å². The Kier molecular flexibility index (Phi) is 3.11. The molecule has 0 spiro atoms. The lowest BCUT2D eigenvalue weighted by molar-refractivity contribution is 0.350. The molecule has 2 aliphatic rings. The van der Waals surface area contributed by atoms with Crippen LogP contribution in [0.3, 0.4) is 0 Å². The van der Waals surface area contributed by atoms with Crippen molar-refractivity contribution in [2.24, 2.45) is 17.8 Å². The van der Waals surface area contributed by atoms with Crippen molar-refractivity contribution in [2.75, 3.05) is 6.54 Å². The molecule has 2 saturated carbocycles. The van der Waals surface area contributed by atoms with E-state index in [2.05, 4.69) is 39.6 Å². The molecule has 3 rings (SSSR count). The number of hydrogen-bond acceptors (Lipinski definition) is 2. The first kappa shape index (κ1) is 11.2. The van der Waals surface area contributed by atoms with Crippen molar-refractivity contribution >= 4 is 27.3 Å². The average Bonchev–Trinajstić information content (AvgIpc) is 2.71. The molecule has 0 radical (unpaired) electrons. The van der Waals surface area contributed by atoms with E-state index < -0.39 is 0 Å². The zero-order valence-electron chi connectivity index (χ0n) is 9.58. The Bertz CT molecular complexity index is 366. The lowest BCUT2D eigenvalue weighted by Gasteiger charge is -2.25. The zero-order valence-corrected chi connectivity index (χ0v) is 12.0. The second kappa shape index (κ2) is 4.43. The Morgan fingerprint density at radius 2 is 2.19 bits per heavy atom. The third kappa shape index (κ3) is 1.98. The molecule has 0 aliphatic heterocycles. The molecule has 1 N–H and O–H groups in total. The molecule has 3 atom stereocenters. The number of thiophene rings is 1. The maximum absolute atomic E-state index is 3.69. The highest BCUT2D eigenvalue weighted by Crippen LogP contribution is 2.57. The summed E-state index contributed by atoms with van der Waals surface area (Å²) in [4.78, 5) is 1.51. The van der Waals surface area contributed by atoms with Crippen LogP contribution in [0.15, 0.2) is 15.9 Å². The van der Waals surface area contributed by atoms with E-state index in [-0.39, 0.29) is 0 Å². The zero-order chi connectivity index (χ0) is 11.1. The van der Waals surface area contributed by atoms with Crippen LogP contribution in [0.1, 0.15) is 37.1 Å². The highest BCUT2D eigenvalue weighted by atomic mass is 79.9. The van der Waals surface area contributed by atoms with Crippen LogP contribution in [0.25, 0.3) is 0 Å². The van der Waals surface area contributed by atoms with Gasteiger partial charge in [0.25, 0.3) is 0 Å². The van der Waals surface area contributed by atoms with Crippen molar-refractivity contribution in [3.63, 3.8) is 0 Å². The van der Waals surface area contributed by atoms with Gasteiger partial charge in [0.2, 0.25) is 0 Å². The van der Waals surface area contributed by atoms with E-state index in [1.807, 2.05) is 11.3 Å². The van der Waals surface area contributed by atoms with E-state index in [4.69, 9.17) is 0 Å². The van der Waals surface area contributed by atoms with E-state index >= 15 is 0 Å². The van der Waals surface area contributed by atoms with Crippen LogP contribution in [0.2, 0.25) is 0 Å². The molecule has 1 aromatic rings. The number of fused-ring (bicyclic) bond motifs is 1. The summed E-state index contributed by atoms with van der Waals surface area (Å²) in [6, 6.07) is 2.77. The molecule has 0 amide bonds. The molecule has 16 heavy (non-hydrogen) atoms. The van der Waals surface area contributed by atoms with E-state index in [1.165, 1.54) is 28.6 Å². The molecule has 3 heteroatoms. The van der Waals surface area contributed by atoms with Gasteiger partial charge in [-0.25, -0.2) is 0 Å². The first-order valence-electron chi connectivity index (χ1n) is 6.25. The predicted octanol–water partition coefficient (Wildman–Crippen LogP) is 4.21. The minimum atomic E-state index is 0.590. The summed E-state index contributed by atoms with van der Waals surface area (Å²) in [7, 11) is 0. The fraction of sp³-hybridized carbons (Fsp3) is 0.692. The molecule has 2 fully saturated rings. The first-order valence-corrected chi connectivity index (χ1v) is 7.93.